The zero-order chi connectivity index (χ0) is 19.4. The smallest absolute Gasteiger partial charge is 0.235 e. The van der Waals surface area contributed by atoms with Gasteiger partial charge in [0.25, 0.3) is 0 Å². The number of aromatic nitrogens is 1. The van der Waals surface area contributed by atoms with Gasteiger partial charge in [-0.15, -0.1) is 0 Å². The van der Waals surface area contributed by atoms with Crippen LogP contribution in [0.25, 0.3) is 11.3 Å². The number of amides is 1. The van der Waals surface area contributed by atoms with E-state index in [2.05, 4.69) is 59.7 Å². The number of rotatable bonds is 7. The molecule has 2 aromatic carbocycles. The zero-order valence-electron chi connectivity index (χ0n) is 16.3. The first kappa shape index (κ1) is 18.4. The number of pyridine rings is 1. The Bertz CT molecular complexity index is 920. The molecule has 3 aromatic rings. The Balaban J connectivity index is 1.74. The number of fused-ring (bicyclic) bond motifs is 3. The van der Waals surface area contributed by atoms with Crippen molar-refractivity contribution in [1.82, 2.24) is 10.3 Å². The summed E-state index contributed by atoms with van der Waals surface area (Å²) in [7, 11) is 0. The molecular weight excluding hydrogens is 344 g/mol. The lowest BCUT2D eigenvalue weighted by Crippen LogP contribution is -2.44. The fourth-order valence-corrected chi connectivity index (χ4v) is 4.39. The molecule has 1 unspecified atom stereocenters. The Morgan fingerprint density at radius 3 is 2.54 bits per heavy atom. The minimum Gasteiger partial charge on any atom is -0.355 e. The topological polar surface area (TPSA) is 42.0 Å². The van der Waals surface area contributed by atoms with E-state index in [4.69, 9.17) is 0 Å². The monoisotopic (exact) mass is 370 g/mol. The maximum atomic E-state index is 13.6. The van der Waals surface area contributed by atoms with E-state index >= 15 is 0 Å². The Kier molecular flexibility index (Phi) is 5.25. The highest BCUT2D eigenvalue weighted by molar-refractivity contribution is 5.99. The third-order valence-corrected chi connectivity index (χ3v) is 5.69. The fraction of sp³-hybridized carbons (Fsp3) is 0.280. The van der Waals surface area contributed by atoms with Crippen LogP contribution in [0.15, 0.2) is 72.9 Å². The molecule has 4 rings (SSSR count). The molecule has 28 heavy (non-hydrogen) atoms. The molecule has 0 saturated carbocycles. The largest absolute Gasteiger partial charge is 0.355 e. The van der Waals surface area contributed by atoms with Crippen LogP contribution in [0.2, 0.25) is 0 Å². The average Bonchev–Trinajstić information content (AvgIpc) is 3.04. The van der Waals surface area contributed by atoms with Crippen molar-refractivity contribution >= 4 is 5.91 Å². The highest BCUT2D eigenvalue weighted by atomic mass is 16.2. The molecule has 1 atom stereocenters. The van der Waals surface area contributed by atoms with E-state index in [1.807, 2.05) is 30.5 Å². The second-order valence-electron chi connectivity index (χ2n) is 7.45. The zero-order valence-corrected chi connectivity index (χ0v) is 16.3. The van der Waals surface area contributed by atoms with Gasteiger partial charge in [-0.3, -0.25) is 9.78 Å². The van der Waals surface area contributed by atoms with Crippen LogP contribution in [0, 0.1) is 0 Å². The van der Waals surface area contributed by atoms with Crippen molar-refractivity contribution in [3.05, 3.63) is 89.6 Å². The standard InChI is InChI=1S/C25H26N2O/c1-2-17-27-24(28)25(16-8-12-19-10-4-3-5-11-19)21-14-7-6-13-20(21)23-22(25)15-9-18-26-23/h3-7,9-11,13-15,18H,2,8,12,16-17H2,1H3,(H,27,28). The van der Waals surface area contributed by atoms with Gasteiger partial charge in [-0.1, -0.05) is 67.6 Å². The third-order valence-electron chi connectivity index (χ3n) is 5.69. The fourth-order valence-electron chi connectivity index (χ4n) is 4.39. The molecule has 1 amide bonds. The molecule has 142 valence electrons. The van der Waals surface area contributed by atoms with Gasteiger partial charge in [-0.25, -0.2) is 0 Å². The summed E-state index contributed by atoms with van der Waals surface area (Å²) in [5, 5.41) is 3.18. The van der Waals surface area contributed by atoms with Crippen molar-refractivity contribution in [2.45, 2.75) is 38.0 Å². The van der Waals surface area contributed by atoms with Crippen molar-refractivity contribution in [3.8, 4) is 11.3 Å². The first-order valence-corrected chi connectivity index (χ1v) is 10.1. The summed E-state index contributed by atoms with van der Waals surface area (Å²) in [6.45, 7) is 2.78. The summed E-state index contributed by atoms with van der Waals surface area (Å²) >= 11 is 0. The van der Waals surface area contributed by atoms with Crippen LogP contribution in [0.5, 0.6) is 0 Å². The average molecular weight is 370 g/mol. The van der Waals surface area contributed by atoms with E-state index in [1.165, 1.54) is 5.56 Å². The molecular formula is C25H26N2O. The Hall–Kier alpha value is -2.94. The van der Waals surface area contributed by atoms with Crippen LogP contribution >= 0.6 is 0 Å². The lowest BCUT2D eigenvalue weighted by Gasteiger charge is -2.30. The number of hydrogen-bond acceptors (Lipinski definition) is 2. The van der Waals surface area contributed by atoms with E-state index in [1.54, 1.807) is 0 Å². The lowest BCUT2D eigenvalue weighted by atomic mass is 9.73. The maximum absolute atomic E-state index is 13.6. The van der Waals surface area contributed by atoms with Gasteiger partial charge in [-0.2, -0.15) is 0 Å². The normalized spacial score (nSPS) is 17.0. The number of aryl methyl sites for hydroxylation is 1. The van der Waals surface area contributed by atoms with E-state index in [0.29, 0.717) is 6.54 Å². The van der Waals surface area contributed by atoms with Gasteiger partial charge in [0.2, 0.25) is 5.91 Å². The SMILES string of the molecule is CCCNC(=O)C1(CCCc2ccccc2)c2ccccc2-c2ncccc21. The quantitative estimate of drug-likeness (QED) is 0.643. The van der Waals surface area contributed by atoms with E-state index in [-0.39, 0.29) is 5.91 Å². The van der Waals surface area contributed by atoms with Crippen LogP contribution in [0.3, 0.4) is 0 Å². The molecule has 1 N–H and O–H groups in total. The van der Waals surface area contributed by atoms with E-state index < -0.39 is 5.41 Å². The van der Waals surface area contributed by atoms with Gasteiger partial charge < -0.3 is 5.32 Å². The van der Waals surface area contributed by atoms with Gasteiger partial charge in [0.1, 0.15) is 5.41 Å². The number of nitrogens with one attached hydrogen (secondary N) is 1. The molecule has 0 spiro atoms. The van der Waals surface area contributed by atoms with Gasteiger partial charge in [-0.05, 0) is 48.4 Å². The number of carbonyl (C=O) groups is 1. The van der Waals surface area contributed by atoms with Crippen LogP contribution in [-0.4, -0.2) is 17.4 Å². The second-order valence-corrected chi connectivity index (χ2v) is 7.45. The minimum absolute atomic E-state index is 0.0987. The number of benzene rings is 2. The van der Waals surface area contributed by atoms with Crippen molar-refractivity contribution in [1.29, 1.82) is 0 Å². The van der Waals surface area contributed by atoms with Crippen molar-refractivity contribution in [2.24, 2.45) is 0 Å². The molecule has 0 bridgehead atoms. The molecule has 0 fully saturated rings. The Morgan fingerprint density at radius 2 is 1.71 bits per heavy atom. The van der Waals surface area contributed by atoms with Crippen molar-refractivity contribution < 1.29 is 4.79 Å². The van der Waals surface area contributed by atoms with E-state index in [0.717, 1.165) is 48.1 Å². The predicted octanol–water partition coefficient (Wildman–Crippen LogP) is 4.90. The highest BCUT2D eigenvalue weighted by Crippen LogP contribution is 2.50. The minimum atomic E-state index is -0.663. The molecule has 3 nitrogen and oxygen atoms in total. The molecule has 1 heterocycles. The number of nitrogens with zero attached hydrogens (tertiary/aromatic N) is 1. The third kappa shape index (κ3) is 3.11. The number of hydrogen-bond donors (Lipinski definition) is 1. The van der Waals surface area contributed by atoms with Gasteiger partial charge in [0, 0.05) is 18.3 Å². The molecule has 1 aromatic heterocycles. The van der Waals surface area contributed by atoms with Gasteiger partial charge in [0.15, 0.2) is 0 Å². The highest BCUT2D eigenvalue weighted by Gasteiger charge is 2.48. The van der Waals surface area contributed by atoms with Crippen molar-refractivity contribution in [3.63, 3.8) is 0 Å². The number of carbonyl (C=O) groups excluding carboxylic acids is 1. The van der Waals surface area contributed by atoms with Gasteiger partial charge in [0.05, 0.1) is 5.69 Å². The molecule has 1 aliphatic carbocycles. The van der Waals surface area contributed by atoms with Crippen LogP contribution in [0.1, 0.15) is 42.9 Å². The lowest BCUT2D eigenvalue weighted by molar-refractivity contribution is -0.125. The molecule has 0 saturated heterocycles. The maximum Gasteiger partial charge on any atom is 0.235 e. The molecule has 1 aliphatic rings. The van der Waals surface area contributed by atoms with Crippen LogP contribution in [-0.2, 0) is 16.6 Å². The summed E-state index contributed by atoms with van der Waals surface area (Å²) < 4.78 is 0. The molecule has 0 aliphatic heterocycles. The summed E-state index contributed by atoms with van der Waals surface area (Å²) in [5.41, 5.74) is 4.81. The summed E-state index contributed by atoms with van der Waals surface area (Å²) in [6.07, 6.45) is 5.41. The van der Waals surface area contributed by atoms with Gasteiger partial charge >= 0.3 is 0 Å². The molecule has 3 heteroatoms. The Morgan fingerprint density at radius 1 is 0.964 bits per heavy atom. The van der Waals surface area contributed by atoms with Crippen LogP contribution < -0.4 is 5.32 Å². The first-order valence-electron chi connectivity index (χ1n) is 10.1. The molecule has 0 radical (unpaired) electrons. The van der Waals surface area contributed by atoms with E-state index in [9.17, 15) is 4.79 Å². The van der Waals surface area contributed by atoms with Crippen LogP contribution in [0.4, 0.5) is 0 Å². The predicted molar refractivity (Wildman–Crippen MR) is 113 cm³/mol. The summed E-state index contributed by atoms with van der Waals surface area (Å²) in [4.78, 5) is 18.2. The summed E-state index contributed by atoms with van der Waals surface area (Å²) in [6, 6.07) is 22.8. The summed E-state index contributed by atoms with van der Waals surface area (Å²) in [5.74, 6) is 0.0987. The first-order chi connectivity index (χ1) is 13.8. The Labute approximate surface area is 166 Å². The van der Waals surface area contributed by atoms with Crippen molar-refractivity contribution in [2.75, 3.05) is 6.54 Å². The second kappa shape index (κ2) is 7.97.